The van der Waals surface area contributed by atoms with Crippen LogP contribution in [-0.4, -0.2) is 48.9 Å². The van der Waals surface area contributed by atoms with Gasteiger partial charge in [0.1, 0.15) is 12.4 Å². The lowest BCUT2D eigenvalue weighted by Crippen LogP contribution is -2.53. The fourth-order valence-corrected chi connectivity index (χ4v) is 4.39. The highest BCUT2D eigenvalue weighted by atomic mass is 19.4. The van der Waals surface area contributed by atoms with Gasteiger partial charge < -0.3 is 26.4 Å². The van der Waals surface area contributed by atoms with Crippen LogP contribution in [0.25, 0.3) is 0 Å². The van der Waals surface area contributed by atoms with Crippen molar-refractivity contribution in [2.24, 2.45) is 16.9 Å². The van der Waals surface area contributed by atoms with Gasteiger partial charge in [-0.2, -0.15) is 13.2 Å². The monoisotopic (exact) mass is 520 g/mol. The van der Waals surface area contributed by atoms with Gasteiger partial charge in [0.25, 0.3) is 5.91 Å². The van der Waals surface area contributed by atoms with Crippen LogP contribution < -0.4 is 21.5 Å². The molecule has 11 heteroatoms. The predicted octanol–water partition coefficient (Wildman–Crippen LogP) is 2.63. The number of piperidine rings is 1. The lowest BCUT2D eigenvalue weighted by atomic mass is 9.78. The van der Waals surface area contributed by atoms with Gasteiger partial charge in [0.05, 0.1) is 23.1 Å². The molecule has 2 aromatic carbocycles. The Morgan fingerprint density at radius 2 is 1.78 bits per heavy atom. The molecule has 200 valence electrons. The highest BCUT2D eigenvalue weighted by Gasteiger charge is 2.43. The molecule has 2 aromatic rings. The van der Waals surface area contributed by atoms with Gasteiger partial charge in [0, 0.05) is 19.6 Å². The van der Waals surface area contributed by atoms with Crippen molar-refractivity contribution < 1.29 is 32.3 Å². The summed E-state index contributed by atoms with van der Waals surface area (Å²) in [5, 5.41) is 2.64. The molecule has 1 fully saturated rings. The lowest BCUT2D eigenvalue weighted by molar-refractivity contribution is -0.142. The summed E-state index contributed by atoms with van der Waals surface area (Å²) < 4.78 is 46.2. The molecule has 0 atom stereocenters. The molecule has 0 bridgehead atoms. The van der Waals surface area contributed by atoms with Crippen LogP contribution in [0.15, 0.2) is 42.5 Å². The normalized spacial score (nSPS) is 15.2. The van der Waals surface area contributed by atoms with Crippen molar-refractivity contribution in [3.63, 3.8) is 0 Å². The zero-order chi connectivity index (χ0) is 27.2. The number of amides is 3. The minimum Gasteiger partial charge on any atom is -0.492 e. The minimum absolute atomic E-state index is 0.0678. The Balaban J connectivity index is 1.84. The van der Waals surface area contributed by atoms with Crippen molar-refractivity contribution in [1.29, 1.82) is 0 Å². The topological polar surface area (TPSA) is 128 Å². The molecule has 1 saturated heterocycles. The number of carbonyl (C=O) groups excluding carboxylic acids is 3. The van der Waals surface area contributed by atoms with Gasteiger partial charge in [-0.3, -0.25) is 14.4 Å². The van der Waals surface area contributed by atoms with Gasteiger partial charge in [-0.1, -0.05) is 31.2 Å². The fourth-order valence-electron chi connectivity index (χ4n) is 4.39. The molecule has 0 unspecified atom stereocenters. The number of halogens is 3. The van der Waals surface area contributed by atoms with Crippen molar-refractivity contribution in [3.8, 4) is 5.75 Å². The number of benzene rings is 2. The van der Waals surface area contributed by atoms with Gasteiger partial charge in [-0.15, -0.1) is 0 Å². The van der Waals surface area contributed by atoms with E-state index in [0.717, 1.165) is 11.6 Å². The van der Waals surface area contributed by atoms with Gasteiger partial charge in [-0.05, 0) is 48.6 Å². The van der Waals surface area contributed by atoms with Gasteiger partial charge in [-0.25, -0.2) is 0 Å². The Bertz CT molecular complexity index is 1140. The summed E-state index contributed by atoms with van der Waals surface area (Å²) in [6.07, 6.45) is -3.49. The van der Waals surface area contributed by atoms with Crippen LogP contribution >= 0.6 is 0 Å². The summed E-state index contributed by atoms with van der Waals surface area (Å²) in [5.74, 6) is -1.23. The quantitative estimate of drug-likeness (QED) is 0.468. The minimum atomic E-state index is -4.56. The van der Waals surface area contributed by atoms with Crippen LogP contribution in [-0.2, 0) is 28.7 Å². The molecule has 8 nitrogen and oxygen atoms in total. The molecule has 0 radical (unpaired) electrons. The van der Waals surface area contributed by atoms with E-state index in [-0.39, 0.29) is 68.4 Å². The van der Waals surface area contributed by atoms with Crippen LogP contribution in [0.4, 0.5) is 13.2 Å². The number of hydrogen-bond donors (Lipinski definition) is 3. The largest absolute Gasteiger partial charge is 0.492 e. The zero-order valence-corrected chi connectivity index (χ0v) is 20.6. The maximum Gasteiger partial charge on any atom is 0.416 e. The Hall–Kier alpha value is -3.60. The molecule has 0 aromatic heterocycles. The first-order chi connectivity index (χ1) is 17.5. The second-order valence-corrected chi connectivity index (χ2v) is 9.04. The van der Waals surface area contributed by atoms with E-state index in [2.05, 4.69) is 5.32 Å². The van der Waals surface area contributed by atoms with Crippen molar-refractivity contribution >= 4 is 17.7 Å². The van der Waals surface area contributed by atoms with Crippen LogP contribution in [0.2, 0.25) is 0 Å². The van der Waals surface area contributed by atoms with Crippen molar-refractivity contribution in [2.45, 2.75) is 38.9 Å². The molecule has 0 saturated carbocycles. The van der Waals surface area contributed by atoms with E-state index >= 15 is 0 Å². The standard InChI is InChI=1S/C26H31F3N4O4/c1-2-17-7-8-19(23(31)35)21(13-17)37-16-25(9-11-33(12-10-25)22(34)14-30)24(36)32-15-18-5-3-4-6-20(18)26(27,28)29/h3-8,13H,2,9-12,14-16,30H2,1H3,(H2,31,35)(H,32,36). The zero-order valence-electron chi connectivity index (χ0n) is 20.6. The second kappa shape index (κ2) is 11.6. The third kappa shape index (κ3) is 6.59. The van der Waals surface area contributed by atoms with Crippen LogP contribution in [0.1, 0.15) is 46.8 Å². The van der Waals surface area contributed by atoms with E-state index in [9.17, 15) is 27.6 Å². The van der Waals surface area contributed by atoms with E-state index in [4.69, 9.17) is 16.2 Å². The van der Waals surface area contributed by atoms with Crippen LogP contribution in [0, 0.1) is 5.41 Å². The molecule has 0 spiro atoms. The smallest absolute Gasteiger partial charge is 0.416 e. The molecule has 1 aliphatic rings. The number of nitrogens with two attached hydrogens (primary N) is 2. The predicted molar refractivity (Wildman–Crippen MR) is 130 cm³/mol. The van der Waals surface area contributed by atoms with E-state index in [1.54, 1.807) is 18.2 Å². The second-order valence-electron chi connectivity index (χ2n) is 9.04. The molecule has 3 amide bonds. The maximum atomic E-state index is 13.5. The molecule has 0 aliphatic carbocycles. The molecule has 5 N–H and O–H groups in total. The first-order valence-electron chi connectivity index (χ1n) is 12.0. The first kappa shape index (κ1) is 28.0. The number of primary amides is 1. The number of aryl methyl sites for hydroxylation is 1. The van der Waals surface area contributed by atoms with Crippen LogP contribution in [0.3, 0.4) is 0 Å². The number of carbonyl (C=O) groups is 3. The van der Waals surface area contributed by atoms with Crippen molar-refractivity contribution in [3.05, 3.63) is 64.7 Å². The number of hydrogen-bond acceptors (Lipinski definition) is 5. The van der Waals surface area contributed by atoms with E-state index in [1.165, 1.54) is 23.1 Å². The highest BCUT2D eigenvalue weighted by Crippen LogP contribution is 2.35. The average molecular weight is 521 g/mol. The summed E-state index contributed by atoms with van der Waals surface area (Å²) in [6, 6.07) is 10.0. The fraction of sp³-hybridized carbons (Fsp3) is 0.423. The Kier molecular flexibility index (Phi) is 8.80. The van der Waals surface area contributed by atoms with E-state index in [1.807, 2.05) is 6.92 Å². The SMILES string of the molecule is CCc1ccc(C(N)=O)c(OCC2(C(=O)NCc3ccccc3C(F)(F)F)CCN(C(=O)CN)CC2)c1. The number of rotatable bonds is 9. The molecule has 1 aliphatic heterocycles. The summed E-state index contributed by atoms with van der Waals surface area (Å²) in [7, 11) is 0. The number of alkyl halides is 3. The third-order valence-electron chi connectivity index (χ3n) is 6.72. The van der Waals surface area contributed by atoms with Crippen molar-refractivity contribution in [1.82, 2.24) is 10.2 Å². The van der Waals surface area contributed by atoms with E-state index < -0.39 is 29.0 Å². The lowest BCUT2D eigenvalue weighted by Gasteiger charge is -2.40. The number of ether oxygens (including phenoxy) is 1. The van der Waals surface area contributed by atoms with E-state index in [0.29, 0.717) is 6.42 Å². The number of nitrogens with zero attached hydrogens (tertiary/aromatic N) is 1. The third-order valence-corrected chi connectivity index (χ3v) is 6.72. The summed E-state index contributed by atoms with van der Waals surface area (Å²) >= 11 is 0. The maximum absolute atomic E-state index is 13.5. The summed E-state index contributed by atoms with van der Waals surface area (Å²) in [4.78, 5) is 39.0. The Labute approximate surface area is 213 Å². The Morgan fingerprint density at radius 3 is 2.38 bits per heavy atom. The molecule has 3 rings (SSSR count). The average Bonchev–Trinajstić information content (AvgIpc) is 2.89. The van der Waals surface area contributed by atoms with Crippen LogP contribution in [0.5, 0.6) is 5.75 Å². The van der Waals surface area contributed by atoms with Crippen molar-refractivity contribution in [2.75, 3.05) is 26.2 Å². The Morgan fingerprint density at radius 1 is 1.11 bits per heavy atom. The highest BCUT2D eigenvalue weighted by molar-refractivity contribution is 5.95. The molecule has 37 heavy (non-hydrogen) atoms. The molecular weight excluding hydrogens is 489 g/mol. The summed E-state index contributed by atoms with van der Waals surface area (Å²) in [6.45, 7) is 1.72. The number of nitrogens with one attached hydrogen (secondary N) is 1. The van der Waals surface area contributed by atoms with Gasteiger partial charge in [0.2, 0.25) is 11.8 Å². The first-order valence-corrected chi connectivity index (χ1v) is 12.0. The van der Waals surface area contributed by atoms with Gasteiger partial charge >= 0.3 is 6.18 Å². The molecule has 1 heterocycles. The number of likely N-dealkylation sites (tertiary alicyclic amines) is 1. The van der Waals surface area contributed by atoms with Gasteiger partial charge in [0.15, 0.2) is 0 Å². The molecular formula is C26H31F3N4O4. The summed E-state index contributed by atoms with van der Waals surface area (Å²) in [5.41, 5.74) is 9.95.